The van der Waals surface area contributed by atoms with Crippen molar-refractivity contribution < 1.29 is 23.5 Å². The van der Waals surface area contributed by atoms with E-state index in [0.717, 1.165) is 0 Å². The Hall–Kier alpha value is -2.44. The molecule has 1 aliphatic rings. The third-order valence-corrected chi connectivity index (χ3v) is 3.44. The molecule has 118 valence electrons. The number of benzene rings is 1. The van der Waals surface area contributed by atoms with Crippen molar-refractivity contribution in [3.63, 3.8) is 0 Å². The zero-order chi connectivity index (χ0) is 16.1. The molecule has 2 N–H and O–H groups in total. The van der Waals surface area contributed by atoms with Crippen LogP contribution in [0, 0.1) is 5.82 Å². The van der Waals surface area contributed by atoms with Crippen LogP contribution in [-0.4, -0.2) is 37.0 Å². The lowest BCUT2D eigenvalue weighted by Crippen LogP contribution is -2.50. The van der Waals surface area contributed by atoms with E-state index in [1.807, 2.05) is 0 Å². The largest absolute Gasteiger partial charge is 0.467 e. The van der Waals surface area contributed by atoms with Gasteiger partial charge in [-0.2, -0.15) is 0 Å². The number of hydrogen-bond acceptors (Lipinski definition) is 4. The minimum atomic E-state index is -0.934. The number of methoxy groups -OCH3 is 1. The average Bonchev–Trinajstić information content (AvgIpc) is 2.92. The second kappa shape index (κ2) is 7.02. The van der Waals surface area contributed by atoms with Gasteiger partial charge in [0, 0.05) is 12.8 Å². The van der Waals surface area contributed by atoms with E-state index in [-0.39, 0.29) is 18.7 Å². The molecule has 1 saturated heterocycles. The standard InChI is InChI=1S/C15H17FN2O4/c1-22-15(21)12(8-9-3-2-4-10(16)7-9)18-14(20)11-5-6-13(19)17-11/h2-4,7,11-12H,5-6,8H2,1H3,(H,17,19)(H,18,20)/t11-,12+/m0/s1. The lowest BCUT2D eigenvalue weighted by atomic mass is 10.1. The van der Waals surface area contributed by atoms with Gasteiger partial charge < -0.3 is 15.4 Å². The SMILES string of the molecule is COC(=O)[C@@H](Cc1cccc(F)c1)NC(=O)[C@@H]1CCC(=O)N1. The summed E-state index contributed by atoms with van der Waals surface area (Å²) in [7, 11) is 1.21. The van der Waals surface area contributed by atoms with Crippen molar-refractivity contribution in [1.82, 2.24) is 10.6 Å². The zero-order valence-corrected chi connectivity index (χ0v) is 12.1. The Morgan fingerprint density at radius 3 is 2.86 bits per heavy atom. The molecular weight excluding hydrogens is 291 g/mol. The Balaban J connectivity index is 2.04. The molecule has 1 fully saturated rings. The fourth-order valence-corrected chi connectivity index (χ4v) is 2.32. The van der Waals surface area contributed by atoms with Crippen LogP contribution >= 0.6 is 0 Å². The van der Waals surface area contributed by atoms with Gasteiger partial charge in [-0.25, -0.2) is 9.18 Å². The van der Waals surface area contributed by atoms with Crippen molar-refractivity contribution in [3.05, 3.63) is 35.6 Å². The molecule has 1 heterocycles. The lowest BCUT2D eigenvalue weighted by molar-refractivity contribution is -0.145. The first-order valence-corrected chi connectivity index (χ1v) is 6.91. The summed E-state index contributed by atoms with van der Waals surface area (Å²) in [6, 6.07) is 4.19. The maximum Gasteiger partial charge on any atom is 0.328 e. The molecule has 0 radical (unpaired) electrons. The molecule has 1 aromatic carbocycles. The predicted octanol–water partition coefficient (Wildman–Crippen LogP) is 0.305. The summed E-state index contributed by atoms with van der Waals surface area (Å²) >= 11 is 0. The van der Waals surface area contributed by atoms with E-state index >= 15 is 0 Å². The van der Waals surface area contributed by atoms with Gasteiger partial charge in [0.2, 0.25) is 11.8 Å². The number of amides is 2. The van der Waals surface area contributed by atoms with Crippen molar-refractivity contribution in [2.24, 2.45) is 0 Å². The van der Waals surface area contributed by atoms with Gasteiger partial charge >= 0.3 is 5.97 Å². The number of ether oxygens (including phenoxy) is 1. The van der Waals surface area contributed by atoms with Gasteiger partial charge in [0.15, 0.2) is 0 Å². The maximum atomic E-state index is 13.2. The van der Waals surface area contributed by atoms with E-state index in [4.69, 9.17) is 0 Å². The summed E-state index contributed by atoms with van der Waals surface area (Å²) in [5, 5.41) is 5.07. The molecule has 2 atom stereocenters. The van der Waals surface area contributed by atoms with Crippen LogP contribution in [0.1, 0.15) is 18.4 Å². The Kier molecular flexibility index (Phi) is 5.08. The van der Waals surface area contributed by atoms with Crippen LogP contribution in [0.3, 0.4) is 0 Å². The highest BCUT2D eigenvalue weighted by molar-refractivity contribution is 5.93. The van der Waals surface area contributed by atoms with Crippen LogP contribution in [0.2, 0.25) is 0 Å². The molecule has 0 aromatic heterocycles. The second-order valence-electron chi connectivity index (χ2n) is 5.08. The second-order valence-corrected chi connectivity index (χ2v) is 5.08. The minimum Gasteiger partial charge on any atom is -0.467 e. The lowest BCUT2D eigenvalue weighted by Gasteiger charge is -2.19. The van der Waals surface area contributed by atoms with E-state index in [1.165, 1.54) is 25.3 Å². The van der Waals surface area contributed by atoms with Gasteiger partial charge in [0.25, 0.3) is 0 Å². The topological polar surface area (TPSA) is 84.5 Å². The van der Waals surface area contributed by atoms with Gasteiger partial charge in [0.1, 0.15) is 17.9 Å². The normalized spacial score (nSPS) is 18.5. The molecule has 22 heavy (non-hydrogen) atoms. The van der Waals surface area contributed by atoms with Gasteiger partial charge in [0.05, 0.1) is 7.11 Å². The fourth-order valence-electron chi connectivity index (χ4n) is 2.32. The van der Waals surface area contributed by atoms with Crippen LogP contribution in [-0.2, 0) is 25.5 Å². The number of nitrogens with one attached hydrogen (secondary N) is 2. The van der Waals surface area contributed by atoms with Gasteiger partial charge in [-0.15, -0.1) is 0 Å². The molecule has 7 heteroatoms. The van der Waals surface area contributed by atoms with Crippen molar-refractivity contribution in [1.29, 1.82) is 0 Å². The van der Waals surface area contributed by atoms with Crippen LogP contribution in [0.15, 0.2) is 24.3 Å². The average molecular weight is 308 g/mol. The first-order chi connectivity index (χ1) is 10.5. The Bertz CT molecular complexity index is 591. The van der Waals surface area contributed by atoms with Crippen molar-refractivity contribution in [3.8, 4) is 0 Å². The molecule has 1 aliphatic heterocycles. The molecule has 0 saturated carbocycles. The fraction of sp³-hybridized carbons (Fsp3) is 0.400. The van der Waals surface area contributed by atoms with Crippen LogP contribution < -0.4 is 10.6 Å². The molecule has 0 unspecified atom stereocenters. The highest BCUT2D eigenvalue weighted by Gasteiger charge is 2.30. The van der Waals surface area contributed by atoms with Crippen LogP contribution in [0.5, 0.6) is 0 Å². The molecule has 2 rings (SSSR count). The van der Waals surface area contributed by atoms with E-state index in [2.05, 4.69) is 15.4 Å². The van der Waals surface area contributed by atoms with Crippen LogP contribution in [0.25, 0.3) is 0 Å². The van der Waals surface area contributed by atoms with E-state index in [0.29, 0.717) is 12.0 Å². The van der Waals surface area contributed by atoms with Crippen molar-refractivity contribution in [2.75, 3.05) is 7.11 Å². The highest BCUT2D eigenvalue weighted by Crippen LogP contribution is 2.10. The summed E-state index contributed by atoms with van der Waals surface area (Å²) in [6.45, 7) is 0. The highest BCUT2D eigenvalue weighted by atomic mass is 19.1. The van der Waals surface area contributed by atoms with E-state index < -0.39 is 29.8 Å². The Morgan fingerprint density at radius 1 is 1.50 bits per heavy atom. The number of esters is 1. The monoisotopic (exact) mass is 308 g/mol. The summed E-state index contributed by atoms with van der Waals surface area (Å²) in [5.74, 6) is -1.69. The summed E-state index contributed by atoms with van der Waals surface area (Å²) in [6.07, 6.45) is 0.778. The Morgan fingerprint density at radius 2 is 2.27 bits per heavy atom. The number of carbonyl (C=O) groups is 3. The molecule has 2 amide bonds. The van der Waals surface area contributed by atoms with Crippen molar-refractivity contribution >= 4 is 17.8 Å². The molecular formula is C15H17FN2O4. The number of carbonyl (C=O) groups excluding carboxylic acids is 3. The quantitative estimate of drug-likeness (QED) is 0.767. The van der Waals surface area contributed by atoms with Crippen molar-refractivity contribution in [2.45, 2.75) is 31.3 Å². The molecule has 0 bridgehead atoms. The predicted molar refractivity (Wildman–Crippen MR) is 75.2 cm³/mol. The Labute approximate surface area is 127 Å². The maximum absolute atomic E-state index is 13.2. The first-order valence-electron chi connectivity index (χ1n) is 6.91. The number of halogens is 1. The zero-order valence-electron chi connectivity index (χ0n) is 12.1. The smallest absolute Gasteiger partial charge is 0.328 e. The molecule has 0 aliphatic carbocycles. The third-order valence-electron chi connectivity index (χ3n) is 3.44. The molecule has 0 spiro atoms. The minimum absolute atomic E-state index is 0.108. The van der Waals surface area contributed by atoms with Crippen LogP contribution in [0.4, 0.5) is 4.39 Å². The third kappa shape index (κ3) is 4.03. The van der Waals surface area contributed by atoms with E-state index in [1.54, 1.807) is 6.07 Å². The molecule has 1 aromatic rings. The number of hydrogen-bond donors (Lipinski definition) is 2. The van der Waals surface area contributed by atoms with E-state index in [9.17, 15) is 18.8 Å². The first kappa shape index (κ1) is 15.9. The summed E-state index contributed by atoms with van der Waals surface area (Å²) < 4.78 is 17.9. The molecule has 6 nitrogen and oxygen atoms in total. The van der Waals surface area contributed by atoms with Gasteiger partial charge in [-0.05, 0) is 24.1 Å². The summed E-state index contributed by atoms with van der Waals surface area (Å²) in [4.78, 5) is 35.0. The van der Waals surface area contributed by atoms with Gasteiger partial charge in [-0.1, -0.05) is 12.1 Å². The summed E-state index contributed by atoms with van der Waals surface area (Å²) in [5.41, 5.74) is 0.561. The number of rotatable bonds is 5. The van der Waals surface area contributed by atoms with Gasteiger partial charge in [-0.3, -0.25) is 9.59 Å².